The Balaban J connectivity index is 1.60. The summed E-state index contributed by atoms with van der Waals surface area (Å²) < 4.78 is 0. The molecule has 0 aliphatic carbocycles. The number of hydrogen-bond donors (Lipinski definition) is 0. The first kappa shape index (κ1) is 17.0. The largest absolute Gasteiger partial charge is 0.399 e. The maximum Gasteiger partial charge on any atom is 0.253 e. The Labute approximate surface area is 148 Å². The number of nitrogens with zero attached hydrogens (tertiary/aromatic N) is 3. The van der Waals surface area contributed by atoms with E-state index in [4.69, 9.17) is 0 Å². The van der Waals surface area contributed by atoms with Gasteiger partial charge in [0.25, 0.3) is 5.91 Å². The average Bonchev–Trinajstić information content (AvgIpc) is 2.66. The molecule has 2 aromatic rings. The predicted molar refractivity (Wildman–Crippen MR) is 100 cm³/mol. The lowest BCUT2D eigenvalue weighted by atomic mass is 10.1. The number of carbonyl (C=O) groups is 1. The van der Waals surface area contributed by atoms with Gasteiger partial charge in [-0.05, 0) is 42.3 Å². The van der Waals surface area contributed by atoms with E-state index in [0.717, 1.165) is 31.7 Å². The first-order valence-electron chi connectivity index (χ1n) is 8.45. The third-order valence-electron chi connectivity index (χ3n) is 4.40. The van der Waals surface area contributed by atoms with Crippen molar-refractivity contribution in [1.82, 2.24) is 4.90 Å². The van der Waals surface area contributed by atoms with Crippen molar-refractivity contribution in [3.8, 4) is 0 Å². The van der Waals surface area contributed by atoms with Gasteiger partial charge in [-0.15, -0.1) is 0 Å². The highest BCUT2D eigenvalue weighted by Gasteiger charge is 2.22. The number of aryl methyl sites for hydroxylation is 1. The van der Waals surface area contributed by atoms with E-state index in [-0.39, 0.29) is 5.91 Å². The second kappa shape index (κ2) is 7.83. The van der Waals surface area contributed by atoms with Crippen molar-refractivity contribution < 1.29 is 9.63 Å². The molecule has 3 rings (SSSR count). The topological polar surface area (TPSA) is 45.1 Å². The Hall–Kier alpha value is -2.82. The number of hydrogen-bond acceptors (Lipinski definition) is 4. The summed E-state index contributed by atoms with van der Waals surface area (Å²) in [6.45, 7) is 5.28. The van der Waals surface area contributed by atoms with E-state index in [1.807, 2.05) is 29.2 Å². The molecule has 0 saturated carbocycles. The zero-order chi connectivity index (χ0) is 17.6. The Morgan fingerprint density at radius 1 is 1.08 bits per heavy atom. The zero-order valence-electron chi connectivity index (χ0n) is 14.7. The molecule has 25 heavy (non-hydrogen) atoms. The van der Waals surface area contributed by atoms with Crippen LogP contribution >= 0.6 is 0 Å². The maximum absolute atomic E-state index is 12.7. The van der Waals surface area contributed by atoms with Gasteiger partial charge in [0.2, 0.25) is 0 Å². The van der Waals surface area contributed by atoms with E-state index in [9.17, 15) is 4.79 Å². The average molecular weight is 337 g/mol. The third kappa shape index (κ3) is 4.18. The van der Waals surface area contributed by atoms with Crippen LogP contribution in [0.25, 0.3) is 0 Å². The Morgan fingerprint density at radius 2 is 1.80 bits per heavy atom. The van der Waals surface area contributed by atoms with Crippen LogP contribution in [0.5, 0.6) is 0 Å². The molecule has 2 aromatic carbocycles. The lowest BCUT2D eigenvalue weighted by molar-refractivity contribution is 0.0747. The van der Waals surface area contributed by atoms with Gasteiger partial charge in [-0.3, -0.25) is 4.79 Å². The van der Waals surface area contributed by atoms with Crippen molar-refractivity contribution >= 4 is 17.8 Å². The molecule has 0 bridgehead atoms. The van der Waals surface area contributed by atoms with Crippen LogP contribution in [0.2, 0.25) is 0 Å². The Bertz CT molecular complexity index is 748. The number of carbonyl (C=O) groups excluding carboxylic acids is 1. The SMILES string of the molecule is CO/N=C/c1ccc(C(=O)N2CCN(c3cccc(C)c3)CC2)cc1. The van der Waals surface area contributed by atoms with Gasteiger partial charge >= 0.3 is 0 Å². The van der Waals surface area contributed by atoms with Gasteiger partial charge in [-0.25, -0.2) is 0 Å². The number of anilines is 1. The molecule has 0 radical (unpaired) electrons. The molecule has 0 aromatic heterocycles. The number of benzene rings is 2. The van der Waals surface area contributed by atoms with Crippen LogP contribution in [0.1, 0.15) is 21.5 Å². The molecule has 0 atom stereocenters. The van der Waals surface area contributed by atoms with Crippen LogP contribution in [0.3, 0.4) is 0 Å². The molecule has 0 N–H and O–H groups in total. The number of oxime groups is 1. The van der Waals surface area contributed by atoms with Crippen LogP contribution in [0, 0.1) is 6.92 Å². The highest BCUT2D eigenvalue weighted by Crippen LogP contribution is 2.18. The monoisotopic (exact) mass is 337 g/mol. The van der Waals surface area contributed by atoms with E-state index >= 15 is 0 Å². The van der Waals surface area contributed by atoms with Gasteiger partial charge in [-0.2, -0.15) is 0 Å². The molecule has 0 spiro atoms. The van der Waals surface area contributed by atoms with Crippen LogP contribution in [-0.4, -0.2) is 50.3 Å². The fourth-order valence-electron chi connectivity index (χ4n) is 3.00. The van der Waals surface area contributed by atoms with Crippen molar-refractivity contribution in [3.05, 3.63) is 65.2 Å². The lowest BCUT2D eigenvalue weighted by Gasteiger charge is -2.36. The van der Waals surface area contributed by atoms with Gasteiger partial charge in [-0.1, -0.05) is 29.4 Å². The molecule has 1 fully saturated rings. The fourth-order valence-corrected chi connectivity index (χ4v) is 3.00. The number of amides is 1. The minimum atomic E-state index is 0.0825. The summed E-state index contributed by atoms with van der Waals surface area (Å²) in [4.78, 5) is 21.6. The molecule has 1 aliphatic rings. The second-order valence-corrected chi connectivity index (χ2v) is 6.16. The number of piperazine rings is 1. The predicted octanol–water partition coefficient (Wildman–Crippen LogP) is 2.94. The highest BCUT2D eigenvalue weighted by atomic mass is 16.6. The van der Waals surface area contributed by atoms with Gasteiger partial charge in [0.05, 0.1) is 6.21 Å². The zero-order valence-corrected chi connectivity index (χ0v) is 14.7. The van der Waals surface area contributed by atoms with Crippen molar-refractivity contribution in [2.75, 3.05) is 38.2 Å². The van der Waals surface area contributed by atoms with Crippen molar-refractivity contribution in [2.24, 2.45) is 5.16 Å². The molecule has 1 aliphatic heterocycles. The minimum Gasteiger partial charge on any atom is -0.399 e. The van der Waals surface area contributed by atoms with Crippen LogP contribution in [0.15, 0.2) is 53.7 Å². The molecule has 5 heteroatoms. The third-order valence-corrected chi connectivity index (χ3v) is 4.40. The molecule has 1 saturated heterocycles. The fraction of sp³-hybridized carbons (Fsp3) is 0.300. The van der Waals surface area contributed by atoms with Gasteiger partial charge < -0.3 is 14.6 Å². The molecule has 0 unspecified atom stereocenters. The first-order valence-corrected chi connectivity index (χ1v) is 8.45. The Morgan fingerprint density at radius 3 is 2.44 bits per heavy atom. The Kier molecular flexibility index (Phi) is 5.33. The minimum absolute atomic E-state index is 0.0825. The summed E-state index contributed by atoms with van der Waals surface area (Å²) in [6.07, 6.45) is 1.62. The van der Waals surface area contributed by atoms with E-state index < -0.39 is 0 Å². The molecule has 1 amide bonds. The molecule has 130 valence electrons. The van der Waals surface area contributed by atoms with Crippen molar-refractivity contribution in [3.63, 3.8) is 0 Å². The second-order valence-electron chi connectivity index (χ2n) is 6.16. The first-order chi connectivity index (χ1) is 12.2. The van der Waals surface area contributed by atoms with Crippen molar-refractivity contribution in [2.45, 2.75) is 6.92 Å². The molecule has 5 nitrogen and oxygen atoms in total. The summed E-state index contributed by atoms with van der Waals surface area (Å²) in [5, 5.41) is 3.72. The van der Waals surface area contributed by atoms with Crippen LogP contribution in [-0.2, 0) is 4.84 Å². The quantitative estimate of drug-likeness (QED) is 0.636. The summed E-state index contributed by atoms with van der Waals surface area (Å²) in [7, 11) is 1.50. The van der Waals surface area contributed by atoms with E-state index in [0.29, 0.717) is 5.56 Å². The standard InChI is InChI=1S/C20H23N3O2/c1-16-4-3-5-19(14-16)22-10-12-23(13-11-22)20(24)18-8-6-17(7-9-18)15-21-25-2/h3-9,14-15H,10-13H2,1-2H3/b21-15+. The van der Waals surface area contributed by atoms with Gasteiger partial charge in [0, 0.05) is 37.4 Å². The van der Waals surface area contributed by atoms with Crippen molar-refractivity contribution in [1.29, 1.82) is 0 Å². The summed E-state index contributed by atoms with van der Waals surface area (Å²) in [6, 6.07) is 15.9. The van der Waals surface area contributed by atoms with Gasteiger partial charge in [0.1, 0.15) is 7.11 Å². The summed E-state index contributed by atoms with van der Waals surface area (Å²) in [5.41, 5.74) is 4.10. The highest BCUT2D eigenvalue weighted by molar-refractivity contribution is 5.95. The van der Waals surface area contributed by atoms with E-state index in [2.05, 4.69) is 46.1 Å². The molecule has 1 heterocycles. The van der Waals surface area contributed by atoms with Crippen LogP contribution < -0.4 is 4.90 Å². The summed E-state index contributed by atoms with van der Waals surface area (Å²) in [5.74, 6) is 0.0825. The van der Waals surface area contributed by atoms with Crippen LogP contribution in [0.4, 0.5) is 5.69 Å². The lowest BCUT2D eigenvalue weighted by Crippen LogP contribution is -2.48. The normalized spacial score (nSPS) is 14.8. The molecular weight excluding hydrogens is 314 g/mol. The smallest absolute Gasteiger partial charge is 0.253 e. The van der Waals surface area contributed by atoms with E-state index in [1.54, 1.807) is 6.21 Å². The van der Waals surface area contributed by atoms with E-state index in [1.165, 1.54) is 18.4 Å². The summed E-state index contributed by atoms with van der Waals surface area (Å²) >= 11 is 0. The maximum atomic E-state index is 12.7. The van der Waals surface area contributed by atoms with Gasteiger partial charge in [0.15, 0.2) is 0 Å². The number of rotatable bonds is 4. The molecular formula is C20H23N3O2.